The number of aliphatic hydroxyl groups is 1. The Balaban J connectivity index is 3.57. The molecule has 0 saturated heterocycles. The van der Waals surface area contributed by atoms with Crippen LogP contribution in [0.4, 0.5) is 0 Å². The number of halogens is 2. The number of carbonyl (C=O) groups excluding carboxylic acids is 1. The molecule has 0 aliphatic rings. The highest BCUT2D eigenvalue weighted by atomic mass is 79.9. The largest absolute Gasteiger partial charge is 0.435 e. The van der Waals surface area contributed by atoms with Crippen LogP contribution in [-0.2, 0) is 9.53 Å². The summed E-state index contributed by atoms with van der Waals surface area (Å²) < 4.78 is 4.03. The van der Waals surface area contributed by atoms with Crippen molar-refractivity contribution in [3.05, 3.63) is 0 Å². The van der Waals surface area contributed by atoms with Crippen molar-refractivity contribution < 1.29 is 14.6 Å². The molecule has 0 saturated carbocycles. The minimum absolute atomic E-state index is 0.471. The molecular weight excluding hydrogens is 280 g/mol. The molecule has 0 amide bonds. The van der Waals surface area contributed by atoms with Gasteiger partial charge in [0.15, 0.2) is 3.74 Å². The fourth-order valence-electron chi connectivity index (χ4n) is 0.491. The summed E-state index contributed by atoms with van der Waals surface area (Å²) >= 11 is 5.90. The van der Waals surface area contributed by atoms with Crippen LogP contribution in [0.3, 0.4) is 0 Å². The lowest BCUT2D eigenvalue weighted by atomic mass is 10.3. The van der Waals surface area contributed by atoms with Crippen molar-refractivity contribution in [3.63, 3.8) is 0 Å². The molecule has 0 aromatic carbocycles. The molecule has 0 rings (SSSR count). The van der Waals surface area contributed by atoms with Gasteiger partial charge in [-0.15, -0.1) is 0 Å². The second-order valence-corrected chi connectivity index (χ2v) is 5.04. The average molecular weight is 290 g/mol. The molecule has 1 N–H and O–H groups in total. The maximum Gasteiger partial charge on any atom is 0.332 e. The maximum atomic E-state index is 10.8. The zero-order valence-corrected chi connectivity index (χ0v) is 9.26. The monoisotopic (exact) mass is 288 g/mol. The van der Waals surface area contributed by atoms with Crippen molar-refractivity contribution in [1.29, 1.82) is 0 Å². The summed E-state index contributed by atoms with van der Waals surface area (Å²) in [5, 5.41) is 8.98. The Hall–Kier alpha value is 0.390. The Bertz CT molecular complexity index is 127. The number of esters is 1. The van der Waals surface area contributed by atoms with Gasteiger partial charge in [-0.25, -0.2) is 4.79 Å². The van der Waals surface area contributed by atoms with Gasteiger partial charge in [0.25, 0.3) is 0 Å². The van der Waals surface area contributed by atoms with E-state index in [0.29, 0.717) is 6.42 Å². The second-order valence-electron chi connectivity index (χ2n) is 1.98. The molecule has 0 fully saturated rings. The molecular formula is C6H10Br2O3. The number of hydrogen-bond acceptors (Lipinski definition) is 3. The van der Waals surface area contributed by atoms with Gasteiger partial charge >= 0.3 is 5.97 Å². The molecule has 5 heteroatoms. The number of ether oxygens (including phenoxy) is 1. The number of hydrogen-bond donors (Lipinski definition) is 1. The molecule has 66 valence electrons. The predicted octanol–water partition coefficient (Wildman–Crippen LogP) is 1.76. The van der Waals surface area contributed by atoms with Gasteiger partial charge < -0.3 is 9.84 Å². The van der Waals surface area contributed by atoms with E-state index in [9.17, 15) is 4.79 Å². The van der Waals surface area contributed by atoms with E-state index in [0.717, 1.165) is 6.42 Å². The van der Waals surface area contributed by atoms with Crippen LogP contribution in [0.1, 0.15) is 19.8 Å². The van der Waals surface area contributed by atoms with Gasteiger partial charge in [0.05, 0.1) is 0 Å². The molecule has 1 unspecified atom stereocenters. The Morgan fingerprint density at radius 1 is 1.64 bits per heavy atom. The van der Waals surface area contributed by atoms with E-state index in [1.807, 2.05) is 6.92 Å². The minimum atomic E-state index is -0.981. The van der Waals surface area contributed by atoms with Crippen LogP contribution in [-0.4, -0.2) is 21.1 Å². The molecule has 0 aromatic heterocycles. The zero-order valence-electron chi connectivity index (χ0n) is 6.09. The summed E-state index contributed by atoms with van der Waals surface area (Å²) in [4.78, 5) is 10.8. The Morgan fingerprint density at radius 2 is 2.18 bits per heavy atom. The predicted molar refractivity (Wildman–Crippen MR) is 48.6 cm³/mol. The fraction of sp³-hybridized carbons (Fsp3) is 0.833. The van der Waals surface area contributed by atoms with Gasteiger partial charge in [-0.2, -0.15) is 0 Å². The number of aliphatic hydroxyl groups excluding tert-OH is 1. The standard InChI is InChI=1S/C6H10Br2O3/c1-2-3-4(9)11-6(10)5(7)8/h4-5,9H,2-3H2,1H3. The van der Waals surface area contributed by atoms with E-state index in [1.54, 1.807) is 0 Å². The first-order valence-electron chi connectivity index (χ1n) is 3.24. The smallest absolute Gasteiger partial charge is 0.332 e. The Morgan fingerprint density at radius 3 is 2.55 bits per heavy atom. The van der Waals surface area contributed by atoms with Crippen LogP contribution in [0.25, 0.3) is 0 Å². The molecule has 0 aliphatic carbocycles. The van der Waals surface area contributed by atoms with Crippen molar-refractivity contribution in [1.82, 2.24) is 0 Å². The van der Waals surface area contributed by atoms with Gasteiger partial charge in [0.1, 0.15) is 0 Å². The van der Waals surface area contributed by atoms with E-state index < -0.39 is 16.0 Å². The summed E-state index contributed by atoms with van der Waals surface area (Å²) in [5.74, 6) is -0.508. The molecule has 0 heterocycles. The molecule has 0 aliphatic heterocycles. The highest BCUT2D eigenvalue weighted by molar-refractivity contribution is 9.25. The molecule has 0 bridgehead atoms. The lowest BCUT2D eigenvalue weighted by molar-refractivity contribution is -0.165. The van der Waals surface area contributed by atoms with E-state index >= 15 is 0 Å². The SMILES string of the molecule is CCCC(O)OC(=O)C(Br)Br. The Kier molecular flexibility index (Phi) is 6.18. The van der Waals surface area contributed by atoms with E-state index in [1.165, 1.54) is 0 Å². The third-order valence-electron chi connectivity index (χ3n) is 0.966. The molecule has 1 atom stereocenters. The first kappa shape index (κ1) is 11.4. The first-order chi connectivity index (χ1) is 5.07. The topological polar surface area (TPSA) is 46.5 Å². The molecule has 0 radical (unpaired) electrons. The summed E-state index contributed by atoms with van der Waals surface area (Å²) in [7, 11) is 0. The van der Waals surface area contributed by atoms with Crippen LogP contribution in [0, 0.1) is 0 Å². The summed E-state index contributed by atoms with van der Waals surface area (Å²) in [6.45, 7) is 1.90. The van der Waals surface area contributed by atoms with E-state index in [4.69, 9.17) is 5.11 Å². The lowest BCUT2D eigenvalue weighted by Crippen LogP contribution is -2.20. The van der Waals surface area contributed by atoms with Gasteiger partial charge in [-0.05, 0) is 0 Å². The van der Waals surface area contributed by atoms with Gasteiger partial charge in [-0.1, -0.05) is 45.2 Å². The molecule has 11 heavy (non-hydrogen) atoms. The van der Waals surface area contributed by atoms with E-state index in [-0.39, 0.29) is 0 Å². The minimum Gasteiger partial charge on any atom is -0.435 e. The highest BCUT2D eigenvalue weighted by Gasteiger charge is 2.15. The molecule has 0 spiro atoms. The van der Waals surface area contributed by atoms with Crippen LogP contribution in [0.5, 0.6) is 0 Å². The highest BCUT2D eigenvalue weighted by Crippen LogP contribution is 2.11. The number of rotatable bonds is 4. The number of alkyl halides is 2. The maximum absolute atomic E-state index is 10.8. The van der Waals surface area contributed by atoms with Crippen molar-refractivity contribution in [2.75, 3.05) is 0 Å². The van der Waals surface area contributed by atoms with Gasteiger partial charge in [0, 0.05) is 6.42 Å². The first-order valence-corrected chi connectivity index (χ1v) is 5.07. The quantitative estimate of drug-likeness (QED) is 0.487. The molecule has 3 nitrogen and oxygen atoms in total. The summed E-state index contributed by atoms with van der Waals surface area (Å²) in [5.41, 5.74) is 0. The lowest BCUT2D eigenvalue weighted by Gasteiger charge is -2.10. The second kappa shape index (κ2) is 5.97. The third kappa shape index (κ3) is 5.64. The summed E-state index contributed by atoms with van der Waals surface area (Å²) in [6, 6.07) is 0. The van der Waals surface area contributed by atoms with Gasteiger partial charge in [-0.3, -0.25) is 0 Å². The van der Waals surface area contributed by atoms with Crippen LogP contribution >= 0.6 is 31.9 Å². The average Bonchev–Trinajstić information content (AvgIpc) is 1.87. The Labute approximate surface area is 82.4 Å². The van der Waals surface area contributed by atoms with Crippen LogP contribution in [0.15, 0.2) is 0 Å². The van der Waals surface area contributed by atoms with Crippen molar-refractivity contribution in [2.24, 2.45) is 0 Å². The number of carbonyl (C=O) groups is 1. The van der Waals surface area contributed by atoms with Crippen LogP contribution in [0.2, 0.25) is 0 Å². The molecule has 0 aromatic rings. The normalized spacial score (nSPS) is 13.2. The van der Waals surface area contributed by atoms with E-state index in [2.05, 4.69) is 36.6 Å². The van der Waals surface area contributed by atoms with Crippen LogP contribution < -0.4 is 0 Å². The van der Waals surface area contributed by atoms with Crippen molar-refractivity contribution >= 4 is 37.8 Å². The van der Waals surface area contributed by atoms with Crippen molar-refractivity contribution in [3.8, 4) is 0 Å². The third-order valence-corrected chi connectivity index (χ3v) is 1.71. The summed E-state index contributed by atoms with van der Waals surface area (Å²) in [6.07, 6.45) is 0.271. The zero-order chi connectivity index (χ0) is 8.85. The fourth-order valence-corrected chi connectivity index (χ4v) is 0.707. The van der Waals surface area contributed by atoms with Gasteiger partial charge in [0.2, 0.25) is 6.29 Å². The van der Waals surface area contributed by atoms with Crippen molar-refractivity contribution in [2.45, 2.75) is 29.8 Å².